The van der Waals surface area contributed by atoms with Gasteiger partial charge in [-0.1, -0.05) is 43.4 Å². The largest absolute Gasteiger partial charge is 0.0772 e. The van der Waals surface area contributed by atoms with E-state index in [4.69, 9.17) is 0 Å². The van der Waals surface area contributed by atoms with Crippen molar-refractivity contribution in [3.8, 4) is 0 Å². The first-order valence-corrected chi connectivity index (χ1v) is 3.65. The maximum atomic E-state index is 2.22. The average Bonchev–Trinajstić information content (AvgIpc) is 2.36. The molecule has 0 bridgehead atoms. The molecular formula is C10H10. The summed E-state index contributed by atoms with van der Waals surface area (Å²) in [4.78, 5) is 0. The highest BCUT2D eigenvalue weighted by atomic mass is 14.2. The highest BCUT2D eigenvalue weighted by molar-refractivity contribution is 5.53. The third-order valence-electron chi connectivity index (χ3n) is 2.05. The van der Waals surface area contributed by atoms with Crippen LogP contribution >= 0.6 is 0 Å². The maximum Gasteiger partial charge on any atom is -0.000139 e. The molecule has 2 rings (SSSR count). The fraction of sp³-hybridized carbons (Fsp3) is 0.200. The topological polar surface area (TPSA) is 0 Å². The van der Waals surface area contributed by atoms with E-state index in [0.717, 1.165) is 0 Å². The Morgan fingerprint density at radius 2 is 2.10 bits per heavy atom. The van der Waals surface area contributed by atoms with Gasteiger partial charge in [0.15, 0.2) is 0 Å². The summed E-state index contributed by atoms with van der Waals surface area (Å²) >= 11 is 0. The molecule has 0 nitrogen and oxygen atoms in total. The van der Waals surface area contributed by atoms with Crippen molar-refractivity contribution in [2.75, 3.05) is 0 Å². The maximum absolute atomic E-state index is 2.22. The Hall–Kier alpha value is -1.04. The lowest BCUT2D eigenvalue weighted by molar-refractivity contribution is 0.875. The van der Waals surface area contributed by atoms with Gasteiger partial charge in [0.05, 0.1) is 0 Å². The number of fused-ring (bicyclic) bond motifs is 1. The molecular weight excluding hydrogens is 120 g/mol. The van der Waals surface area contributed by atoms with E-state index in [1.165, 1.54) is 11.1 Å². The molecule has 2 aliphatic carbocycles. The van der Waals surface area contributed by atoms with Gasteiger partial charge in [0.1, 0.15) is 0 Å². The van der Waals surface area contributed by atoms with Crippen LogP contribution in [0.3, 0.4) is 0 Å². The SMILES string of the molecule is CC1C=CC=C2C=CC=C21. The minimum absolute atomic E-state index is 0.606. The highest BCUT2D eigenvalue weighted by Gasteiger charge is 2.13. The van der Waals surface area contributed by atoms with Crippen LogP contribution in [-0.4, -0.2) is 0 Å². The van der Waals surface area contributed by atoms with Crippen molar-refractivity contribution in [2.24, 2.45) is 5.92 Å². The van der Waals surface area contributed by atoms with Gasteiger partial charge >= 0.3 is 0 Å². The van der Waals surface area contributed by atoms with Crippen LogP contribution in [0.2, 0.25) is 0 Å². The summed E-state index contributed by atoms with van der Waals surface area (Å²) in [6.07, 6.45) is 13.0. The van der Waals surface area contributed by atoms with Gasteiger partial charge in [-0.25, -0.2) is 0 Å². The van der Waals surface area contributed by atoms with Crippen LogP contribution in [0, 0.1) is 5.92 Å². The minimum atomic E-state index is 0.606. The molecule has 0 heterocycles. The summed E-state index contributed by atoms with van der Waals surface area (Å²) in [5.74, 6) is 0.606. The first kappa shape index (κ1) is 5.72. The molecule has 0 spiro atoms. The molecule has 0 heteroatoms. The first-order valence-electron chi connectivity index (χ1n) is 3.65. The molecule has 0 fully saturated rings. The van der Waals surface area contributed by atoms with Gasteiger partial charge in [-0.05, 0) is 17.1 Å². The van der Waals surface area contributed by atoms with Gasteiger partial charge in [-0.2, -0.15) is 0 Å². The third-order valence-corrected chi connectivity index (χ3v) is 2.05. The van der Waals surface area contributed by atoms with Gasteiger partial charge in [-0.3, -0.25) is 0 Å². The van der Waals surface area contributed by atoms with E-state index >= 15 is 0 Å². The smallest absolute Gasteiger partial charge is 0.000139 e. The number of hydrogen-bond donors (Lipinski definition) is 0. The van der Waals surface area contributed by atoms with E-state index in [-0.39, 0.29) is 0 Å². The van der Waals surface area contributed by atoms with E-state index in [1.54, 1.807) is 0 Å². The molecule has 0 N–H and O–H groups in total. The van der Waals surface area contributed by atoms with Crippen molar-refractivity contribution >= 4 is 0 Å². The van der Waals surface area contributed by atoms with Crippen LogP contribution in [0.15, 0.2) is 47.6 Å². The third kappa shape index (κ3) is 0.688. The lowest BCUT2D eigenvalue weighted by Gasteiger charge is -2.13. The lowest BCUT2D eigenvalue weighted by Crippen LogP contribution is -1.98. The van der Waals surface area contributed by atoms with Crippen LogP contribution in [0.4, 0.5) is 0 Å². The van der Waals surface area contributed by atoms with Crippen LogP contribution in [0.25, 0.3) is 0 Å². The van der Waals surface area contributed by atoms with Gasteiger partial charge in [0.2, 0.25) is 0 Å². The Labute approximate surface area is 61.3 Å². The van der Waals surface area contributed by atoms with Crippen LogP contribution in [0.1, 0.15) is 6.92 Å². The Kier molecular flexibility index (Phi) is 1.13. The van der Waals surface area contributed by atoms with Crippen molar-refractivity contribution in [3.05, 3.63) is 47.6 Å². The normalized spacial score (nSPS) is 27.9. The second kappa shape index (κ2) is 1.98. The molecule has 0 aromatic carbocycles. The summed E-state index contributed by atoms with van der Waals surface area (Å²) in [7, 11) is 0. The number of allylic oxidation sites excluding steroid dienone is 8. The summed E-state index contributed by atoms with van der Waals surface area (Å²) in [6, 6.07) is 0. The zero-order valence-electron chi connectivity index (χ0n) is 6.04. The van der Waals surface area contributed by atoms with Crippen LogP contribution in [-0.2, 0) is 0 Å². The van der Waals surface area contributed by atoms with Crippen LogP contribution < -0.4 is 0 Å². The Morgan fingerprint density at radius 1 is 1.20 bits per heavy atom. The zero-order valence-corrected chi connectivity index (χ0v) is 6.04. The number of rotatable bonds is 0. The molecule has 0 saturated carbocycles. The van der Waals surface area contributed by atoms with Gasteiger partial charge in [-0.15, -0.1) is 0 Å². The highest BCUT2D eigenvalue weighted by Crippen LogP contribution is 2.29. The lowest BCUT2D eigenvalue weighted by atomic mass is 9.92. The van der Waals surface area contributed by atoms with Gasteiger partial charge in [0.25, 0.3) is 0 Å². The van der Waals surface area contributed by atoms with Crippen molar-refractivity contribution in [1.29, 1.82) is 0 Å². The quantitative estimate of drug-likeness (QED) is 0.473. The monoisotopic (exact) mass is 130 g/mol. The Morgan fingerprint density at radius 3 is 2.90 bits per heavy atom. The molecule has 10 heavy (non-hydrogen) atoms. The second-order valence-corrected chi connectivity index (χ2v) is 2.78. The molecule has 50 valence electrons. The fourth-order valence-electron chi connectivity index (χ4n) is 1.44. The van der Waals surface area contributed by atoms with Crippen LogP contribution in [0.5, 0.6) is 0 Å². The van der Waals surface area contributed by atoms with Crippen molar-refractivity contribution in [3.63, 3.8) is 0 Å². The fourth-order valence-corrected chi connectivity index (χ4v) is 1.44. The van der Waals surface area contributed by atoms with Gasteiger partial charge < -0.3 is 0 Å². The van der Waals surface area contributed by atoms with E-state index < -0.39 is 0 Å². The molecule has 1 unspecified atom stereocenters. The first-order chi connectivity index (χ1) is 4.88. The van der Waals surface area contributed by atoms with E-state index in [9.17, 15) is 0 Å². The van der Waals surface area contributed by atoms with Crippen molar-refractivity contribution in [1.82, 2.24) is 0 Å². The Bertz CT molecular complexity index is 262. The van der Waals surface area contributed by atoms with E-state index in [0.29, 0.717) is 5.92 Å². The molecule has 1 atom stereocenters. The van der Waals surface area contributed by atoms with E-state index in [2.05, 4.69) is 43.4 Å². The Balaban J connectivity index is 2.45. The predicted molar refractivity (Wildman–Crippen MR) is 43.6 cm³/mol. The predicted octanol–water partition coefficient (Wildman–Crippen LogP) is 2.61. The van der Waals surface area contributed by atoms with E-state index in [1.807, 2.05) is 0 Å². The standard InChI is InChI=1S/C10H10/c1-8-4-2-5-9-6-3-7-10(8)9/h2-8H,1H3. The molecule has 0 radical (unpaired) electrons. The summed E-state index contributed by atoms with van der Waals surface area (Å²) in [5, 5.41) is 0. The minimum Gasteiger partial charge on any atom is -0.0772 e. The molecule has 0 saturated heterocycles. The molecule has 0 aromatic rings. The molecule has 0 aromatic heterocycles. The van der Waals surface area contributed by atoms with Crippen molar-refractivity contribution in [2.45, 2.75) is 6.92 Å². The molecule has 0 aliphatic heterocycles. The zero-order chi connectivity index (χ0) is 6.97. The van der Waals surface area contributed by atoms with Gasteiger partial charge in [0, 0.05) is 0 Å². The number of hydrogen-bond acceptors (Lipinski definition) is 0. The second-order valence-electron chi connectivity index (χ2n) is 2.78. The van der Waals surface area contributed by atoms with Crippen molar-refractivity contribution < 1.29 is 0 Å². The summed E-state index contributed by atoms with van der Waals surface area (Å²) in [5.41, 5.74) is 2.84. The molecule has 0 amide bonds. The summed E-state index contributed by atoms with van der Waals surface area (Å²) in [6.45, 7) is 2.22. The average molecular weight is 130 g/mol. The summed E-state index contributed by atoms with van der Waals surface area (Å²) < 4.78 is 0. The molecule has 2 aliphatic rings.